The van der Waals surface area contributed by atoms with Crippen LogP contribution in [0.25, 0.3) is 0 Å². The minimum absolute atomic E-state index is 0.161. The van der Waals surface area contributed by atoms with E-state index in [2.05, 4.69) is 9.97 Å². The molecule has 2 rings (SSSR count). The predicted molar refractivity (Wildman–Crippen MR) is 62.3 cm³/mol. The largest absolute Gasteiger partial charge is 0.481 e. The number of H-pyrrole nitrogens is 1. The molecule has 2 heterocycles. The molecule has 0 radical (unpaired) electrons. The first-order valence-corrected chi connectivity index (χ1v) is 5.54. The number of rotatable bonds is 2. The molecule has 0 saturated carbocycles. The summed E-state index contributed by atoms with van der Waals surface area (Å²) in [6.45, 7) is 4.51. The van der Waals surface area contributed by atoms with Crippen LogP contribution >= 0.6 is 0 Å². The maximum atomic E-state index is 11.6. The summed E-state index contributed by atoms with van der Waals surface area (Å²) in [6, 6.07) is 0. The summed E-state index contributed by atoms with van der Waals surface area (Å²) in [5.41, 5.74) is 1.12. The van der Waals surface area contributed by atoms with Gasteiger partial charge in [-0.3, -0.25) is 14.6 Å². The molecular weight excluding hydrogens is 222 g/mol. The Morgan fingerprint density at radius 3 is 2.76 bits per heavy atom. The summed E-state index contributed by atoms with van der Waals surface area (Å²) >= 11 is 0. The van der Waals surface area contributed by atoms with Gasteiger partial charge in [-0.05, 0) is 20.3 Å². The average molecular weight is 237 g/mol. The van der Waals surface area contributed by atoms with Crippen LogP contribution in [-0.2, 0) is 4.79 Å². The highest BCUT2D eigenvalue weighted by Gasteiger charge is 2.29. The van der Waals surface area contributed by atoms with Gasteiger partial charge >= 0.3 is 5.97 Å². The second-order valence-corrected chi connectivity index (χ2v) is 4.37. The van der Waals surface area contributed by atoms with Crippen molar-refractivity contribution in [2.75, 3.05) is 18.0 Å². The number of hydrogen-bond acceptors (Lipinski definition) is 4. The van der Waals surface area contributed by atoms with Crippen molar-refractivity contribution in [1.29, 1.82) is 0 Å². The van der Waals surface area contributed by atoms with Crippen molar-refractivity contribution in [1.82, 2.24) is 9.97 Å². The van der Waals surface area contributed by atoms with E-state index in [1.165, 1.54) is 0 Å². The van der Waals surface area contributed by atoms with Gasteiger partial charge in [-0.1, -0.05) is 0 Å². The first-order valence-electron chi connectivity index (χ1n) is 5.54. The fourth-order valence-electron chi connectivity index (χ4n) is 1.93. The molecule has 1 aromatic rings. The van der Waals surface area contributed by atoms with Crippen LogP contribution < -0.4 is 10.5 Å². The Bertz CT molecular complexity index is 509. The highest BCUT2D eigenvalue weighted by molar-refractivity contribution is 5.71. The van der Waals surface area contributed by atoms with Crippen LogP contribution in [0.1, 0.15) is 17.7 Å². The molecule has 17 heavy (non-hydrogen) atoms. The van der Waals surface area contributed by atoms with E-state index in [0.717, 1.165) is 0 Å². The van der Waals surface area contributed by atoms with E-state index in [1.54, 1.807) is 13.8 Å². The second kappa shape index (κ2) is 4.20. The van der Waals surface area contributed by atoms with Crippen molar-refractivity contribution < 1.29 is 9.90 Å². The molecule has 1 fully saturated rings. The van der Waals surface area contributed by atoms with Crippen molar-refractivity contribution in [3.8, 4) is 0 Å². The van der Waals surface area contributed by atoms with Gasteiger partial charge in [0, 0.05) is 24.3 Å². The maximum absolute atomic E-state index is 11.6. The number of carboxylic acids is 1. The van der Waals surface area contributed by atoms with Crippen LogP contribution in [0.5, 0.6) is 0 Å². The molecule has 0 bridgehead atoms. The number of aromatic nitrogens is 2. The number of carbonyl (C=O) groups is 1. The molecular formula is C11H15N3O3. The van der Waals surface area contributed by atoms with Crippen molar-refractivity contribution in [3.63, 3.8) is 0 Å². The predicted octanol–water partition coefficient (Wildman–Crippen LogP) is 0.298. The monoisotopic (exact) mass is 237 g/mol. The minimum Gasteiger partial charge on any atom is -0.481 e. The van der Waals surface area contributed by atoms with Gasteiger partial charge in [0.2, 0.25) is 5.95 Å². The standard InChI is InChI=1S/C11H15N3O3/c1-6-7(2)12-11(13-9(6)15)14-4-3-8(5-14)10(16)17/h8H,3-5H2,1-2H3,(H,16,17)(H,12,13,15)/t8-/m1/s1. The zero-order chi connectivity index (χ0) is 12.6. The van der Waals surface area contributed by atoms with Crippen LogP contribution in [0, 0.1) is 19.8 Å². The number of aliphatic carboxylic acids is 1. The van der Waals surface area contributed by atoms with E-state index in [9.17, 15) is 9.59 Å². The summed E-state index contributed by atoms with van der Waals surface area (Å²) in [6.07, 6.45) is 0.589. The molecule has 0 amide bonds. The van der Waals surface area contributed by atoms with Gasteiger partial charge in [0.15, 0.2) is 0 Å². The quantitative estimate of drug-likeness (QED) is 0.772. The summed E-state index contributed by atoms with van der Waals surface area (Å²) in [7, 11) is 0. The Balaban J connectivity index is 2.25. The van der Waals surface area contributed by atoms with Gasteiger partial charge in [0.1, 0.15) is 0 Å². The number of carboxylic acid groups (broad SMARTS) is 1. The third kappa shape index (κ3) is 2.15. The summed E-state index contributed by atoms with van der Waals surface area (Å²) < 4.78 is 0. The number of hydrogen-bond donors (Lipinski definition) is 2. The zero-order valence-corrected chi connectivity index (χ0v) is 9.86. The van der Waals surface area contributed by atoms with Gasteiger partial charge < -0.3 is 10.0 Å². The lowest BCUT2D eigenvalue weighted by Crippen LogP contribution is -2.27. The van der Waals surface area contributed by atoms with Crippen LogP contribution in [0.15, 0.2) is 4.79 Å². The van der Waals surface area contributed by atoms with E-state index in [-0.39, 0.29) is 11.5 Å². The summed E-state index contributed by atoms with van der Waals surface area (Å²) in [5, 5.41) is 8.91. The highest BCUT2D eigenvalue weighted by Crippen LogP contribution is 2.20. The van der Waals surface area contributed by atoms with Gasteiger partial charge in [-0.2, -0.15) is 0 Å². The van der Waals surface area contributed by atoms with Gasteiger partial charge in [0.05, 0.1) is 5.92 Å². The van der Waals surface area contributed by atoms with Crippen molar-refractivity contribution in [2.45, 2.75) is 20.3 Å². The lowest BCUT2D eigenvalue weighted by atomic mass is 10.1. The molecule has 6 heteroatoms. The smallest absolute Gasteiger partial charge is 0.308 e. The third-order valence-corrected chi connectivity index (χ3v) is 3.22. The summed E-state index contributed by atoms with van der Waals surface area (Å²) in [4.78, 5) is 31.2. The molecule has 1 atom stereocenters. The Labute approximate surface area is 98.3 Å². The Morgan fingerprint density at radius 1 is 1.53 bits per heavy atom. The fraction of sp³-hybridized carbons (Fsp3) is 0.545. The number of nitrogens with zero attached hydrogens (tertiary/aromatic N) is 2. The van der Waals surface area contributed by atoms with Crippen LogP contribution in [0.4, 0.5) is 5.95 Å². The topological polar surface area (TPSA) is 86.3 Å². The van der Waals surface area contributed by atoms with Crippen molar-refractivity contribution in [3.05, 3.63) is 21.6 Å². The van der Waals surface area contributed by atoms with E-state index < -0.39 is 5.97 Å². The molecule has 0 unspecified atom stereocenters. The minimum atomic E-state index is -0.793. The third-order valence-electron chi connectivity index (χ3n) is 3.22. The Hall–Kier alpha value is -1.85. The number of nitrogens with one attached hydrogen (secondary N) is 1. The van der Waals surface area contributed by atoms with Gasteiger partial charge in [-0.25, -0.2) is 4.98 Å². The lowest BCUT2D eigenvalue weighted by molar-refractivity contribution is -0.140. The van der Waals surface area contributed by atoms with E-state index in [1.807, 2.05) is 4.90 Å². The molecule has 1 aromatic heterocycles. The second-order valence-electron chi connectivity index (χ2n) is 4.37. The number of aromatic amines is 1. The normalized spacial score (nSPS) is 19.6. The molecule has 0 aromatic carbocycles. The van der Waals surface area contributed by atoms with E-state index >= 15 is 0 Å². The Morgan fingerprint density at radius 2 is 2.24 bits per heavy atom. The first kappa shape index (κ1) is 11.6. The van der Waals surface area contributed by atoms with E-state index in [0.29, 0.717) is 36.7 Å². The number of aryl methyl sites for hydroxylation is 1. The SMILES string of the molecule is Cc1nc(N2CC[C@@H](C(=O)O)C2)[nH]c(=O)c1C. The molecule has 92 valence electrons. The van der Waals surface area contributed by atoms with Crippen molar-refractivity contribution in [2.24, 2.45) is 5.92 Å². The molecule has 2 N–H and O–H groups in total. The Kier molecular flexibility index (Phi) is 2.87. The molecule has 1 aliphatic heterocycles. The highest BCUT2D eigenvalue weighted by atomic mass is 16.4. The molecule has 1 saturated heterocycles. The van der Waals surface area contributed by atoms with Gasteiger partial charge in [-0.15, -0.1) is 0 Å². The summed E-state index contributed by atoms with van der Waals surface area (Å²) in [5.74, 6) is -0.692. The first-order chi connectivity index (χ1) is 7.99. The average Bonchev–Trinajstić information content (AvgIpc) is 2.74. The molecule has 1 aliphatic rings. The zero-order valence-electron chi connectivity index (χ0n) is 9.86. The fourth-order valence-corrected chi connectivity index (χ4v) is 1.93. The number of anilines is 1. The van der Waals surface area contributed by atoms with Gasteiger partial charge in [0.25, 0.3) is 5.56 Å². The van der Waals surface area contributed by atoms with Crippen LogP contribution in [-0.4, -0.2) is 34.1 Å². The maximum Gasteiger partial charge on any atom is 0.308 e. The van der Waals surface area contributed by atoms with E-state index in [4.69, 9.17) is 5.11 Å². The van der Waals surface area contributed by atoms with Crippen LogP contribution in [0.2, 0.25) is 0 Å². The molecule has 0 spiro atoms. The lowest BCUT2D eigenvalue weighted by Gasteiger charge is -2.16. The molecule has 0 aliphatic carbocycles. The van der Waals surface area contributed by atoms with Crippen molar-refractivity contribution >= 4 is 11.9 Å². The van der Waals surface area contributed by atoms with Crippen LogP contribution in [0.3, 0.4) is 0 Å². The molecule has 6 nitrogen and oxygen atoms in total.